The third-order valence-electron chi connectivity index (χ3n) is 4.72. The van der Waals surface area contributed by atoms with Gasteiger partial charge in [-0.15, -0.1) is 0 Å². The van der Waals surface area contributed by atoms with Crippen LogP contribution in [0.2, 0.25) is 0 Å². The molecule has 2 N–H and O–H groups in total. The molecule has 1 aliphatic rings. The Morgan fingerprint density at radius 2 is 1.63 bits per heavy atom. The van der Waals surface area contributed by atoms with Crippen LogP contribution >= 0.6 is 0 Å². The van der Waals surface area contributed by atoms with E-state index in [-0.39, 0.29) is 0 Å². The summed E-state index contributed by atoms with van der Waals surface area (Å²) < 4.78 is 0. The fourth-order valence-corrected chi connectivity index (χ4v) is 3.54. The van der Waals surface area contributed by atoms with E-state index in [2.05, 4.69) is 32.0 Å². The van der Waals surface area contributed by atoms with E-state index in [1.807, 2.05) is 0 Å². The maximum absolute atomic E-state index is 6.43. The van der Waals surface area contributed by atoms with Gasteiger partial charge >= 0.3 is 0 Å². The monoisotopic (exact) mass is 259 g/mol. The van der Waals surface area contributed by atoms with Gasteiger partial charge in [0.1, 0.15) is 0 Å². The molecule has 1 fully saturated rings. The van der Waals surface area contributed by atoms with Crippen LogP contribution in [0.15, 0.2) is 18.2 Å². The lowest BCUT2D eigenvalue weighted by Crippen LogP contribution is -2.26. The molecule has 0 saturated heterocycles. The zero-order valence-corrected chi connectivity index (χ0v) is 12.6. The first-order valence-electron chi connectivity index (χ1n) is 7.97. The Bertz CT molecular complexity index is 368. The largest absolute Gasteiger partial charge is 0.327 e. The van der Waals surface area contributed by atoms with Gasteiger partial charge in [0.2, 0.25) is 0 Å². The van der Waals surface area contributed by atoms with E-state index < -0.39 is 0 Å². The zero-order valence-electron chi connectivity index (χ0n) is 12.6. The zero-order chi connectivity index (χ0) is 13.7. The molecule has 1 aromatic carbocycles. The van der Waals surface area contributed by atoms with E-state index in [1.54, 1.807) is 0 Å². The van der Waals surface area contributed by atoms with Crippen LogP contribution in [-0.2, 0) is 6.42 Å². The van der Waals surface area contributed by atoms with Crippen LogP contribution in [0.25, 0.3) is 0 Å². The Morgan fingerprint density at radius 1 is 1.05 bits per heavy atom. The summed E-state index contributed by atoms with van der Waals surface area (Å²) in [4.78, 5) is 0. The van der Waals surface area contributed by atoms with Crippen molar-refractivity contribution in [2.75, 3.05) is 0 Å². The van der Waals surface area contributed by atoms with E-state index in [1.165, 1.54) is 61.6 Å². The quantitative estimate of drug-likeness (QED) is 0.790. The lowest BCUT2D eigenvalue weighted by Gasteiger charge is -2.21. The van der Waals surface area contributed by atoms with Crippen molar-refractivity contribution in [3.05, 3.63) is 34.9 Å². The summed E-state index contributed by atoms with van der Waals surface area (Å²) in [6.07, 6.45) is 10.8. The predicted molar refractivity (Wildman–Crippen MR) is 83.4 cm³/mol. The van der Waals surface area contributed by atoms with Crippen molar-refractivity contribution in [2.24, 2.45) is 11.7 Å². The summed E-state index contributed by atoms with van der Waals surface area (Å²) in [5, 5.41) is 0. The minimum absolute atomic E-state index is 0.336. The molecule has 1 atom stereocenters. The number of hydrogen-bond donors (Lipinski definition) is 1. The maximum Gasteiger partial charge on any atom is 0.00821 e. The molecule has 1 heteroatoms. The van der Waals surface area contributed by atoms with Gasteiger partial charge in [-0.05, 0) is 49.3 Å². The highest BCUT2D eigenvalue weighted by molar-refractivity contribution is 5.34. The first kappa shape index (κ1) is 14.6. The van der Waals surface area contributed by atoms with Crippen molar-refractivity contribution in [3.63, 3.8) is 0 Å². The highest BCUT2D eigenvalue weighted by Crippen LogP contribution is 2.27. The van der Waals surface area contributed by atoms with E-state index in [9.17, 15) is 0 Å². The highest BCUT2D eigenvalue weighted by Gasteiger charge is 2.17. The molecule has 1 unspecified atom stereocenters. The molecule has 0 bridgehead atoms. The Hall–Kier alpha value is -0.820. The molecule has 0 aromatic heterocycles. The fourth-order valence-electron chi connectivity index (χ4n) is 3.54. The van der Waals surface area contributed by atoms with Crippen LogP contribution in [0, 0.1) is 19.8 Å². The molecule has 0 radical (unpaired) electrons. The second kappa shape index (κ2) is 7.09. The third kappa shape index (κ3) is 4.35. The van der Waals surface area contributed by atoms with Crippen LogP contribution in [0.5, 0.6) is 0 Å². The van der Waals surface area contributed by atoms with Gasteiger partial charge in [-0.2, -0.15) is 0 Å². The fraction of sp³-hybridized carbons (Fsp3) is 0.667. The topological polar surface area (TPSA) is 26.0 Å². The molecule has 1 nitrogen and oxygen atoms in total. The Morgan fingerprint density at radius 3 is 2.21 bits per heavy atom. The summed E-state index contributed by atoms with van der Waals surface area (Å²) in [6.45, 7) is 4.42. The summed E-state index contributed by atoms with van der Waals surface area (Å²) in [5.74, 6) is 0.877. The second-order valence-corrected chi connectivity index (χ2v) is 6.43. The van der Waals surface area contributed by atoms with Crippen molar-refractivity contribution in [3.8, 4) is 0 Å². The van der Waals surface area contributed by atoms with Gasteiger partial charge in [0.15, 0.2) is 0 Å². The van der Waals surface area contributed by atoms with E-state index in [0.29, 0.717) is 6.04 Å². The molecule has 2 rings (SSSR count). The molecule has 0 spiro atoms. The average molecular weight is 259 g/mol. The van der Waals surface area contributed by atoms with Gasteiger partial charge in [0.25, 0.3) is 0 Å². The second-order valence-electron chi connectivity index (χ2n) is 6.43. The number of aryl methyl sites for hydroxylation is 2. The minimum Gasteiger partial charge on any atom is -0.327 e. The molecule has 1 aromatic rings. The highest BCUT2D eigenvalue weighted by atomic mass is 14.6. The SMILES string of the molecule is Cc1cccc(C)c1CC(N)CC1CCCCCC1. The predicted octanol–water partition coefficient (Wildman–Crippen LogP) is 4.53. The van der Waals surface area contributed by atoms with Gasteiger partial charge in [-0.25, -0.2) is 0 Å². The molecule has 0 heterocycles. The summed E-state index contributed by atoms with van der Waals surface area (Å²) in [6, 6.07) is 6.90. The van der Waals surface area contributed by atoms with Gasteiger partial charge < -0.3 is 5.73 Å². The van der Waals surface area contributed by atoms with Gasteiger partial charge in [0.05, 0.1) is 0 Å². The molecule has 106 valence electrons. The summed E-state index contributed by atoms with van der Waals surface area (Å²) in [7, 11) is 0. The van der Waals surface area contributed by atoms with E-state index in [0.717, 1.165) is 12.3 Å². The number of benzene rings is 1. The van der Waals surface area contributed by atoms with Crippen molar-refractivity contribution < 1.29 is 0 Å². The van der Waals surface area contributed by atoms with Gasteiger partial charge in [-0.1, -0.05) is 56.7 Å². The Kier molecular flexibility index (Phi) is 5.45. The molecule has 1 aliphatic carbocycles. The van der Waals surface area contributed by atoms with Gasteiger partial charge in [0, 0.05) is 6.04 Å². The first-order valence-corrected chi connectivity index (χ1v) is 7.97. The lowest BCUT2D eigenvalue weighted by atomic mass is 9.88. The summed E-state index contributed by atoms with van der Waals surface area (Å²) in [5.41, 5.74) is 10.7. The summed E-state index contributed by atoms with van der Waals surface area (Å²) >= 11 is 0. The van der Waals surface area contributed by atoms with Gasteiger partial charge in [-0.3, -0.25) is 0 Å². The smallest absolute Gasteiger partial charge is 0.00821 e. The van der Waals surface area contributed by atoms with Crippen LogP contribution in [0.1, 0.15) is 61.6 Å². The number of rotatable bonds is 4. The van der Waals surface area contributed by atoms with Crippen LogP contribution in [-0.4, -0.2) is 6.04 Å². The Balaban J connectivity index is 1.91. The van der Waals surface area contributed by atoms with Crippen molar-refractivity contribution in [2.45, 2.75) is 71.3 Å². The molecule has 0 aliphatic heterocycles. The standard InChI is InChI=1S/C18H29N/c1-14-8-7-9-15(2)18(14)13-17(19)12-16-10-5-3-4-6-11-16/h7-9,16-17H,3-6,10-13,19H2,1-2H3. The number of hydrogen-bond acceptors (Lipinski definition) is 1. The van der Waals surface area contributed by atoms with Crippen molar-refractivity contribution in [1.82, 2.24) is 0 Å². The maximum atomic E-state index is 6.43. The van der Waals surface area contributed by atoms with E-state index >= 15 is 0 Å². The Labute approximate surface area is 118 Å². The average Bonchev–Trinajstić information content (AvgIpc) is 2.63. The van der Waals surface area contributed by atoms with Crippen LogP contribution in [0.3, 0.4) is 0 Å². The molecule has 19 heavy (non-hydrogen) atoms. The van der Waals surface area contributed by atoms with Crippen LogP contribution < -0.4 is 5.73 Å². The molecule has 1 saturated carbocycles. The van der Waals surface area contributed by atoms with Crippen LogP contribution in [0.4, 0.5) is 0 Å². The molecule has 0 amide bonds. The molecular weight excluding hydrogens is 230 g/mol. The number of nitrogens with two attached hydrogens (primary N) is 1. The first-order chi connectivity index (χ1) is 9.16. The minimum atomic E-state index is 0.336. The van der Waals surface area contributed by atoms with Crippen molar-refractivity contribution in [1.29, 1.82) is 0 Å². The van der Waals surface area contributed by atoms with Crippen molar-refractivity contribution >= 4 is 0 Å². The third-order valence-corrected chi connectivity index (χ3v) is 4.72. The normalized spacial score (nSPS) is 19.1. The van der Waals surface area contributed by atoms with E-state index in [4.69, 9.17) is 5.73 Å². The lowest BCUT2D eigenvalue weighted by molar-refractivity contribution is 0.386. The molecular formula is C18H29N.